The second-order valence-corrected chi connectivity index (χ2v) is 5.21. The fraction of sp³-hybridized carbons (Fsp3) is 0.294. The van der Waals surface area contributed by atoms with Crippen molar-refractivity contribution >= 4 is 28.3 Å². The summed E-state index contributed by atoms with van der Waals surface area (Å²) >= 11 is 0. The predicted molar refractivity (Wildman–Crippen MR) is 85.6 cm³/mol. The van der Waals surface area contributed by atoms with Crippen LogP contribution in [0.1, 0.15) is 32.1 Å². The minimum Gasteiger partial charge on any atom is -0.326 e. The first-order valence-corrected chi connectivity index (χ1v) is 7.40. The Morgan fingerprint density at radius 1 is 0.864 bits per heavy atom. The molecule has 2 aromatic rings. The van der Waals surface area contributed by atoms with Crippen molar-refractivity contribution in [3.63, 3.8) is 0 Å². The van der Waals surface area contributed by atoms with Crippen molar-refractivity contribution in [2.45, 2.75) is 32.1 Å². The predicted octanol–water partition coefficient (Wildman–Crippen LogP) is 3.23. The van der Waals surface area contributed by atoms with Gasteiger partial charge in [-0.1, -0.05) is 36.8 Å². The van der Waals surface area contributed by atoms with Gasteiger partial charge in [-0.15, -0.1) is 0 Å². The molecule has 0 heterocycles. The highest BCUT2D eigenvalue weighted by Gasteiger charge is 2.04. The van der Waals surface area contributed by atoms with Crippen LogP contribution in [0, 0.1) is 0 Å². The van der Waals surface area contributed by atoms with E-state index in [-0.39, 0.29) is 18.2 Å². The van der Waals surface area contributed by atoms with Gasteiger partial charge in [0.05, 0.1) is 0 Å². The second kappa shape index (κ2) is 8.14. The van der Waals surface area contributed by atoms with E-state index in [4.69, 9.17) is 5.21 Å². The van der Waals surface area contributed by atoms with Crippen LogP contribution in [0.4, 0.5) is 5.69 Å². The van der Waals surface area contributed by atoms with Crippen molar-refractivity contribution in [2.24, 2.45) is 0 Å². The molecule has 0 atom stereocenters. The van der Waals surface area contributed by atoms with Crippen LogP contribution in [0.15, 0.2) is 42.5 Å². The van der Waals surface area contributed by atoms with Crippen molar-refractivity contribution in [1.82, 2.24) is 5.48 Å². The van der Waals surface area contributed by atoms with E-state index in [9.17, 15) is 9.59 Å². The van der Waals surface area contributed by atoms with Gasteiger partial charge >= 0.3 is 0 Å². The van der Waals surface area contributed by atoms with Crippen molar-refractivity contribution in [3.8, 4) is 0 Å². The van der Waals surface area contributed by atoms with Crippen LogP contribution in [-0.4, -0.2) is 17.0 Å². The Bertz CT molecular complexity index is 655. The minimum absolute atomic E-state index is 0.0260. The van der Waals surface area contributed by atoms with Gasteiger partial charge in [-0.2, -0.15) is 0 Å². The minimum atomic E-state index is -0.388. The molecular weight excluding hydrogens is 280 g/mol. The molecule has 0 spiro atoms. The number of benzene rings is 2. The molecule has 116 valence electrons. The molecular formula is C17H20N2O3. The van der Waals surface area contributed by atoms with E-state index in [1.165, 1.54) is 0 Å². The molecule has 3 N–H and O–H groups in total. The quantitative estimate of drug-likeness (QED) is 0.417. The van der Waals surface area contributed by atoms with Gasteiger partial charge in [0, 0.05) is 18.5 Å². The number of fused-ring (bicyclic) bond motifs is 1. The Balaban J connectivity index is 1.75. The number of carbonyl (C=O) groups excluding carboxylic acids is 2. The zero-order valence-electron chi connectivity index (χ0n) is 12.3. The molecule has 0 saturated heterocycles. The van der Waals surface area contributed by atoms with E-state index in [0.717, 1.165) is 29.3 Å². The number of anilines is 1. The lowest BCUT2D eigenvalue weighted by Gasteiger charge is -2.06. The maximum absolute atomic E-state index is 11.9. The van der Waals surface area contributed by atoms with Crippen LogP contribution in [-0.2, 0) is 9.59 Å². The molecule has 0 radical (unpaired) electrons. The molecule has 2 aromatic carbocycles. The van der Waals surface area contributed by atoms with Crippen molar-refractivity contribution in [3.05, 3.63) is 42.5 Å². The summed E-state index contributed by atoms with van der Waals surface area (Å²) < 4.78 is 0. The van der Waals surface area contributed by atoms with Gasteiger partial charge in [0.25, 0.3) is 0 Å². The van der Waals surface area contributed by atoms with Gasteiger partial charge in [-0.05, 0) is 35.7 Å². The van der Waals surface area contributed by atoms with Gasteiger partial charge in [0.2, 0.25) is 11.8 Å². The van der Waals surface area contributed by atoms with Crippen molar-refractivity contribution in [2.75, 3.05) is 5.32 Å². The third-order valence-electron chi connectivity index (χ3n) is 3.47. The monoisotopic (exact) mass is 300 g/mol. The van der Waals surface area contributed by atoms with E-state index in [2.05, 4.69) is 5.32 Å². The molecule has 2 amide bonds. The van der Waals surface area contributed by atoms with Gasteiger partial charge < -0.3 is 5.32 Å². The molecule has 22 heavy (non-hydrogen) atoms. The van der Waals surface area contributed by atoms with Crippen molar-refractivity contribution in [1.29, 1.82) is 0 Å². The average Bonchev–Trinajstić information content (AvgIpc) is 2.54. The largest absolute Gasteiger partial charge is 0.326 e. The van der Waals surface area contributed by atoms with Gasteiger partial charge in [0.15, 0.2) is 0 Å². The average molecular weight is 300 g/mol. The Morgan fingerprint density at radius 3 is 2.27 bits per heavy atom. The van der Waals surface area contributed by atoms with Crippen LogP contribution in [0.5, 0.6) is 0 Å². The van der Waals surface area contributed by atoms with E-state index < -0.39 is 0 Å². The first kappa shape index (κ1) is 16.0. The summed E-state index contributed by atoms with van der Waals surface area (Å²) in [5.41, 5.74) is 2.39. The maximum atomic E-state index is 11.9. The summed E-state index contributed by atoms with van der Waals surface area (Å²) in [7, 11) is 0. The summed E-state index contributed by atoms with van der Waals surface area (Å²) in [5, 5.41) is 13.5. The van der Waals surface area contributed by atoms with Gasteiger partial charge in [-0.25, -0.2) is 5.48 Å². The van der Waals surface area contributed by atoms with Gasteiger partial charge in [-0.3, -0.25) is 14.8 Å². The maximum Gasteiger partial charge on any atom is 0.243 e. The highest BCUT2D eigenvalue weighted by atomic mass is 16.5. The number of rotatable bonds is 7. The highest BCUT2D eigenvalue weighted by Crippen LogP contribution is 2.19. The van der Waals surface area contributed by atoms with Crippen LogP contribution >= 0.6 is 0 Å². The molecule has 0 bridgehead atoms. The lowest BCUT2D eigenvalue weighted by molar-refractivity contribution is -0.129. The van der Waals surface area contributed by atoms with Gasteiger partial charge in [0.1, 0.15) is 0 Å². The van der Waals surface area contributed by atoms with E-state index in [0.29, 0.717) is 12.8 Å². The zero-order valence-corrected chi connectivity index (χ0v) is 12.3. The number of amides is 2. The number of carbonyl (C=O) groups is 2. The SMILES string of the molecule is O=C(CCCCCC(=O)Nc1ccc2ccccc2c1)NO. The summed E-state index contributed by atoms with van der Waals surface area (Å²) in [6.45, 7) is 0. The van der Waals surface area contributed by atoms with Crippen molar-refractivity contribution < 1.29 is 14.8 Å². The first-order valence-electron chi connectivity index (χ1n) is 7.40. The van der Waals surface area contributed by atoms with Crippen LogP contribution < -0.4 is 10.8 Å². The van der Waals surface area contributed by atoms with E-state index in [1.54, 1.807) is 5.48 Å². The summed E-state index contributed by atoms with van der Waals surface area (Å²) in [6.07, 6.45) is 2.86. The Morgan fingerprint density at radius 2 is 1.55 bits per heavy atom. The number of hydroxylamine groups is 1. The molecule has 0 saturated carbocycles. The topological polar surface area (TPSA) is 78.4 Å². The summed E-state index contributed by atoms with van der Waals surface area (Å²) in [6, 6.07) is 13.8. The Labute approximate surface area is 129 Å². The molecule has 0 fully saturated rings. The molecule has 0 unspecified atom stereocenters. The number of unbranched alkanes of at least 4 members (excludes halogenated alkanes) is 2. The second-order valence-electron chi connectivity index (χ2n) is 5.21. The number of nitrogens with one attached hydrogen (secondary N) is 2. The normalized spacial score (nSPS) is 10.4. The molecule has 0 aliphatic heterocycles. The Hall–Kier alpha value is -2.40. The van der Waals surface area contributed by atoms with E-state index >= 15 is 0 Å². The fourth-order valence-electron chi connectivity index (χ4n) is 2.29. The van der Waals surface area contributed by atoms with E-state index in [1.807, 2.05) is 42.5 Å². The van der Waals surface area contributed by atoms with Crippen LogP contribution in [0.3, 0.4) is 0 Å². The molecule has 5 heteroatoms. The number of hydrogen-bond acceptors (Lipinski definition) is 3. The summed E-state index contributed by atoms with van der Waals surface area (Å²) in [4.78, 5) is 22.7. The Kier molecular flexibility index (Phi) is 5.91. The summed E-state index contributed by atoms with van der Waals surface area (Å²) in [5.74, 6) is -0.414. The van der Waals surface area contributed by atoms with Crippen LogP contribution in [0.25, 0.3) is 10.8 Å². The fourth-order valence-corrected chi connectivity index (χ4v) is 2.29. The molecule has 2 rings (SSSR count). The highest BCUT2D eigenvalue weighted by molar-refractivity contribution is 5.94. The lowest BCUT2D eigenvalue weighted by atomic mass is 10.1. The van der Waals surface area contributed by atoms with Crippen LogP contribution in [0.2, 0.25) is 0 Å². The smallest absolute Gasteiger partial charge is 0.243 e. The number of hydrogen-bond donors (Lipinski definition) is 3. The zero-order chi connectivity index (χ0) is 15.8. The third-order valence-corrected chi connectivity index (χ3v) is 3.47. The molecule has 0 aliphatic rings. The molecule has 0 aliphatic carbocycles. The lowest BCUT2D eigenvalue weighted by Crippen LogP contribution is -2.17. The third kappa shape index (κ3) is 4.86. The first-order chi connectivity index (χ1) is 10.7. The molecule has 5 nitrogen and oxygen atoms in total. The molecule has 0 aromatic heterocycles. The standard InChI is InChI=1S/C17H20N2O3/c20-16(8-2-1-3-9-17(21)19-22)18-15-11-10-13-6-4-5-7-14(13)12-15/h4-7,10-12,22H,1-3,8-9H2,(H,18,20)(H,19,21).